The maximum Gasteiger partial charge on any atom is 0.261 e. The number of carbonyl (C=O) groups is 1. The zero-order valence-electron chi connectivity index (χ0n) is 13.8. The molecule has 0 saturated carbocycles. The standard InChI is InChI=1S/C17H20N4O2/c1-11(2)17(4,9-18)20-14(22)8-21-10-19-15-12(3)6-5-7-13(15)16(21)23/h5-7,10-11H,8H2,1-4H3,(H,20,22). The van der Waals surface area contributed by atoms with Crippen molar-refractivity contribution in [3.8, 4) is 6.07 Å². The highest BCUT2D eigenvalue weighted by Gasteiger charge is 2.30. The van der Waals surface area contributed by atoms with Gasteiger partial charge in [0.2, 0.25) is 5.91 Å². The highest BCUT2D eigenvalue weighted by atomic mass is 16.2. The summed E-state index contributed by atoms with van der Waals surface area (Å²) >= 11 is 0. The number of fused-ring (bicyclic) bond motifs is 1. The molecule has 6 nitrogen and oxygen atoms in total. The zero-order chi connectivity index (χ0) is 17.2. The molecule has 1 atom stereocenters. The van der Waals surface area contributed by atoms with Crippen LogP contribution in [-0.4, -0.2) is 21.0 Å². The minimum Gasteiger partial charge on any atom is -0.336 e. The van der Waals surface area contributed by atoms with Crippen LogP contribution in [0.4, 0.5) is 0 Å². The van der Waals surface area contributed by atoms with Crippen molar-refractivity contribution < 1.29 is 4.79 Å². The largest absolute Gasteiger partial charge is 0.336 e. The van der Waals surface area contributed by atoms with Gasteiger partial charge in [-0.2, -0.15) is 5.26 Å². The second-order valence-corrected chi connectivity index (χ2v) is 6.17. The predicted octanol–water partition coefficient (Wildman–Crippen LogP) is 1.76. The van der Waals surface area contributed by atoms with Crippen LogP contribution in [0.15, 0.2) is 29.3 Å². The number of benzene rings is 1. The Bertz CT molecular complexity index is 848. The summed E-state index contributed by atoms with van der Waals surface area (Å²) in [6.07, 6.45) is 1.37. The quantitative estimate of drug-likeness (QED) is 0.931. The normalized spacial score (nSPS) is 13.6. The van der Waals surface area contributed by atoms with Crippen LogP contribution in [0.3, 0.4) is 0 Å². The first-order valence-corrected chi connectivity index (χ1v) is 7.45. The lowest BCUT2D eigenvalue weighted by molar-refractivity contribution is -0.123. The Kier molecular flexibility index (Phi) is 4.50. The lowest BCUT2D eigenvalue weighted by atomic mass is 9.90. The van der Waals surface area contributed by atoms with Gasteiger partial charge in [-0.05, 0) is 31.4 Å². The maximum absolute atomic E-state index is 12.5. The van der Waals surface area contributed by atoms with Gasteiger partial charge in [-0.3, -0.25) is 14.2 Å². The van der Waals surface area contributed by atoms with Crippen molar-refractivity contribution >= 4 is 16.8 Å². The van der Waals surface area contributed by atoms with E-state index >= 15 is 0 Å². The SMILES string of the molecule is Cc1cccc2c(=O)n(CC(=O)NC(C)(C#N)C(C)C)cnc12. The first-order chi connectivity index (χ1) is 10.8. The van der Waals surface area contributed by atoms with E-state index in [1.807, 2.05) is 26.8 Å². The number of aryl methyl sites for hydroxylation is 1. The van der Waals surface area contributed by atoms with Crippen LogP contribution < -0.4 is 10.9 Å². The number of hydrogen-bond acceptors (Lipinski definition) is 4. The first-order valence-electron chi connectivity index (χ1n) is 7.45. The van der Waals surface area contributed by atoms with E-state index in [-0.39, 0.29) is 18.0 Å². The van der Waals surface area contributed by atoms with E-state index in [4.69, 9.17) is 0 Å². The molecule has 0 fully saturated rings. The zero-order valence-corrected chi connectivity index (χ0v) is 13.8. The van der Waals surface area contributed by atoms with Crippen molar-refractivity contribution in [3.05, 3.63) is 40.4 Å². The second-order valence-electron chi connectivity index (χ2n) is 6.17. The average molecular weight is 312 g/mol. The van der Waals surface area contributed by atoms with Crippen molar-refractivity contribution in [3.63, 3.8) is 0 Å². The molecule has 0 saturated heterocycles. The molecule has 2 rings (SSSR count). The van der Waals surface area contributed by atoms with E-state index in [0.29, 0.717) is 10.9 Å². The molecule has 6 heteroatoms. The van der Waals surface area contributed by atoms with E-state index in [0.717, 1.165) is 5.56 Å². The minimum atomic E-state index is -0.971. The molecular weight excluding hydrogens is 292 g/mol. The number of rotatable bonds is 4. The lowest BCUT2D eigenvalue weighted by Crippen LogP contribution is -2.50. The molecule has 1 unspecified atom stereocenters. The molecule has 0 aliphatic rings. The third-order valence-electron chi connectivity index (χ3n) is 4.16. The van der Waals surface area contributed by atoms with Crippen molar-refractivity contribution in [2.24, 2.45) is 5.92 Å². The fourth-order valence-corrected chi connectivity index (χ4v) is 2.24. The van der Waals surface area contributed by atoms with Crippen LogP contribution in [0.2, 0.25) is 0 Å². The molecule has 0 aliphatic carbocycles. The summed E-state index contributed by atoms with van der Waals surface area (Å²) in [5.74, 6) is -0.441. The lowest BCUT2D eigenvalue weighted by Gasteiger charge is -2.27. The predicted molar refractivity (Wildman–Crippen MR) is 87.7 cm³/mol. The van der Waals surface area contributed by atoms with Gasteiger partial charge in [0.15, 0.2) is 0 Å². The smallest absolute Gasteiger partial charge is 0.261 e. The van der Waals surface area contributed by atoms with Gasteiger partial charge < -0.3 is 5.32 Å². The second kappa shape index (κ2) is 6.21. The molecule has 120 valence electrons. The van der Waals surface area contributed by atoms with Crippen LogP contribution in [0, 0.1) is 24.2 Å². The number of nitrogens with zero attached hydrogens (tertiary/aromatic N) is 3. The summed E-state index contributed by atoms with van der Waals surface area (Å²) in [5, 5.41) is 12.4. The van der Waals surface area contributed by atoms with Gasteiger partial charge in [0, 0.05) is 0 Å². The summed E-state index contributed by atoms with van der Waals surface area (Å²) < 4.78 is 1.26. The number of nitrogens with one attached hydrogen (secondary N) is 1. The third-order valence-corrected chi connectivity index (χ3v) is 4.16. The molecule has 2 aromatic rings. The number of hydrogen-bond donors (Lipinski definition) is 1. The maximum atomic E-state index is 12.5. The van der Waals surface area contributed by atoms with Gasteiger partial charge in [-0.25, -0.2) is 4.98 Å². The molecule has 1 heterocycles. The molecule has 1 amide bonds. The van der Waals surface area contributed by atoms with Crippen molar-refractivity contribution in [1.82, 2.24) is 14.9 Å². The van der Waals surface area contributed by atoms with Gasteiger partial charge in [0.1, 0.15) is 12.1 Å². The topological polar surface area (TPSA) is 87.8 Å². The molecule has 1 aromatic carbocycles. The highest BCUT2D eigenvalue weighted by molar-refractivity contribution is 5.81. The van der Waals surface area contributed by atoms with Crippen molar-refractivity contribution in [1.29, 1.82) is 5.26 Å². The van der Waals surface area contributed by atoms with E-state index in [9.17, 15) is 14.9 Å². The Balaban J connectivity index is 2.30. The molecular formula is C17H20N4O2. The van der Waals surface area contributed by atoms with Crippen molar-refractivity contribution in [2.75, 3.05) is 0 Å². The van der Waals surface area contributed by atoms with Crippen molar-refractivity contribution in [2.45, 2.75) is 39.8 Å². The molecule has 1 N–H and O–H groups in total. The van der Waals surface area contributed by atoms with Crippen LogP contribution in [-0.2, 0) is 11.3 Å². The number of para-hydroxylation sites is 1. The fraction of sp³-hybridized carbons (Fsp3) is 0.412. The number of aromatic nitrogens is 2. The van der Waals surface area contributed by atoms with E-state index in [1.165, 1.54) is 10.9 Å². The Hall–Kier alpha value is -2.68. The van der Waals surface area contributed by atoms with Crippen LogP contribution in [0.1, 0.15) is 26.3 Å². The van der Waals surface area contributed by atoms with Crippen LogP contribution in [0.25, 0.3) is 10.9 Å². The molecule has 0 aliphatic heterocycles. The van der Waals surface area contributed by atoms with Crippen LogP contribution in [0.5, 0.6) is 0 Å². The number of nitriles is 1. The van der Waals surface area contributed by atoms with Gasteiger partial charge in [-0.1, -0.05) is 26.0 Å². The van der Waals surface area contributed by atoms with Gasteiger partial charge in [0.05, 0.1) is 23.3 Å². The monoisotopic (exact) mass is 312 g/mol. The molecule has 0 spiro atoms. The van der Waals surface area contributed by atoms with Gasteiger partial charge in [-0.15, -0.1) is 0 Å². The summed E-state index contributed by atoms with van der Waals surface area (Å²) in [6, 6.07) is 7.48. The summed E-state index contributed by atoms with van der Waals surface area (Å²) in [6.45, 7) is 7.10. The Labute approximate surface area is 134 Å². The highest BCUT2D eigenvalue weighted by Crippen LogP contribution is 2.15. The summed E-state index contributed by atoms with van der Waals surface area (Å²) in [4.78, 5) is 28.9. The van der Waals surface area contributed by atoms with E-state index in [2.05, 4.69) is 16.4 Å². The minimum absolute atomic E-state index is 0.0504. The number of carbonyl (C=O) groups excluding carboxylic acids is 1. The fourth-order valence-electron chi connectivity index (χ4n) is 2.24. The van der Waals surface area contributed by atoms with E-state index in [1.54, 1.807) is 19.1 Å². The summed E-state index contributed by atoms with van der Waals surface area (Å²) in [5.41, 5.74) is 0.310. The first kappa shape index (κ1) is 16.7. The average Bonchev–Trinajstić information content (AvgIpc) is 2.50. The van der Waals surface area contributed by atoms with E-state index < -0.39 is 11.4 Å². The molecule has 0 radical (unpaired) electrons. The molecule has 23 heavy (non-hydrogen) atoms. The number of amides is 1. The summed E-state index contributed by atoms with van der Waals surface area (Å²) in [7, 11) is 0. The van der Waals surface area contributed by atoms with Crippen LogP contribution >= 0.6 is 0 Å². The Morgan fingerprint density at radius 2 is 2.17 bits per heavy atom. The third kappa shape index (κ3) is 3.24. The molecule has 0 bridgehead atoms. The molecule has 1 aromatic heterocycles. The van der Waals surface area contributed by atoms with Gasteiger partial charge >= 0.3 is 0 Å². The van der Waals surface area contributed by atoms with Gasteiger partial charge in [0.25, 0.3) is 5.56 Å². The Morgan fingerprint density at radius 3 is 2.78 bits per heavy atom. The Morgan fingerprint density at radius 1 is 1.48 bits per heavy atom.